The number of para-hydroxylation sites is 1. The molecule has 3 rings (SSSR count). The average Bonchev–Trinajstić information content (AvgIpc) is 2.95. The molecule has 0 radical (unpaired) electrons. The van der Waals surface area contributed by atoms with E-state index < -0.39 is 0 Å². The monoisotopic (exact) mass is 395 g/mol. The molecule has 6 heteroatoms. The Hall–Kier alpha value is -2.89. The standard InChI is InChI=1S/C22H22ClN3O2/c1-16-19(22(23)26(25-16)14-17-8-4-3-5-9-17)12-13-21(27)24-20-11-7-6-10-18(20)15-28-2/h3-13H,14-15H2,1-2H3,(H,24,27)/b13-12+. The van der Waals surface area contributed by atoms with Crippen LogP contribution in [0.15, 0.2) is 60.7 Å². The fourth-order valence-corrected chi connectivity index (χ4v) is 3.17. The predicted molar refractivity (Wildman–Crippen MR) is 112 cm³/mol. The normalized spacial score (nSPS) is 11.1. The van der Waals surface area contributed by atoms with E-state index in [2.05, 4.69) is 10.4 Å². The van der Waals surface area contributed by atoms with Crippen molar-refractivity contribution in [3.63, 3.8) is 0 Å². The van der Waals surface area contributed by atoms with Crippen LogP contribution in [0.2, 0.25) is 5.15 Å². The molecule has 1 amide bonds. The van der Waals surface area contributed by atoms with E-state index in [4.69, 9.17) is 16.3 Å². The fraction of sp³-hybridized carbons (Fsp3) is 0.182. The van der Waals surface area contributed by atoms with Gasteiger partial charge >= 0.3 is 0 Å². The summed E-state index contributed by atoms with van der Waals surface area (Å²) in [7, 11) is 1.62. The quantitative estimate of drug-likeness (QED) is 0.590. The van der Waals surface area contributed by atoms with Crippen molar-refractivity contribution in [1.29, 1.82) is 0 Å². The number of nitrogens with zero attached hydrogens (tertiary/aromatic N) is 2. The lowest BCUT2D eigenvalue weighted by Crippen LogP contribution is -2.10. The molecule has 144 valence electrons. The van der Waals surface area contributed by atoms with E-state index in [0.717, 1.165) is 28.1 Å². The molecule has 28 heavy (non-hydrogen) atoms. The number of amides is 1. The van der Waals surface area contributed by atoms with Gasteiger partial charge in [-0.15, -0.1) is 0 Å². The number of aryl methyl sites for hydroxylation is 1. The zero-order valence-electron chi connectivity index (χ0n) is 15.9. The Morgan fingerprint density at radius 1 is 1.18 bits per heavy atom. The number of hydrogen-bond donors (Lipinski definition) is 1. The fourth-order valence-electron chi connectivity index (χ4n) is 2.87. The second-order valence-corrected chi connectivity index (χ2v) is 6.70. The van der Waals surface area contributed by atoms with Crippen molar-refractivity contribution in [2.24, 2.45) is 0 Å². The molecule has 1 aromatic heterocycles. The van der Waals surface area contributed by atoms with E-state index in [1.807, 2.05) is 61.5 Å². The van der Waals surface area contributed by atoms with Crippen LogP contribution in [0.5, 0.6) is 0 Å². The van der Waals surface area contributed by atoms with Crippen LogP contribution in [-0.4, -0.2) is 22.8 Å². The number of anilines is 1. The van der Waals surface area contributed by atoms with Crippen molar-refractivity contribution in [1.82, 2.24) is 9.78 Å². The number of carbonyl (C=O) groups excluding carboxylic acids is 1. The molecule has 0 spiro atoms. The van der Waals surface area contributed by atoms with E-state index >= 15 is 0 Å². The molecule has 0 aliphatic carbocycles. The minimum atomic E-state index is -0.241. The van der Waals surface area contributed by atoms with Crippen LogP contribution in [0.4, 0.5) is 5.69 Å². The van der Waals surface area contributed by atoms with Gasteiger partial charge in [0.25, 0.3) is 0 Å². The van der Waals surface area contributed by atoms with Gasteiger partial charge in [-0.3, -0.25) is 4.79 Å². The lowest BCUT2D eigenvalue weighted by molar-refractivity contribution is -0.111. The zero-order valence-corrected chi connectivity index (χ0v) is 16.6. The molecule has 0 atom stereocenters. The maximum Gasteiger partial charge on any atom is 0.248 e. The maximum absolute atomic E-state index is 12.4. The molecule has 0 saturated heterocycles. The largest absolute Gasteiger partial charge is 0.380 e. The van der Waals surface area contributed by atoms with Gasteiger partial charge in [0.1, 0.15) is 5.15 Å². The number of nitrogens with one attached hydrogen (secondary N) is 1. The number of rotatable bonds is 7. The van der Waals surface area contributed by atoms with Crippen LogP contribution in [0.3, 0.4) is 0 Å². The molecule has 3 aromatic rings. The number of halogens is 1. The van der Waals surface area contributed by atoms with Gasteiger partial charge in [-0.05, 0) is 24.6 Å². The van der Waals surface area contributed by atoms with Gasteiger partial charge in [-0.2, -0.15) is 5.10 Å². The number of aromatic nitrogens is 2. The third-order valence-corrected chi connectivity index (χ3v) is 4.66. The van der Waals surface area contributed by atoms with Crippen molar-refractivity contribution in [3.8, 4) is 0 Å². The minimum absolute atomic E-state index is 0.241. The average molecular weight is 396 g/mol. The molecule has 0 unspecified atom stereocenters. The van der Waals surface area contributed by atoms with E-state index in [1.165, 1.54) is 6.08 Å². The van der Waals surface area contributed by atoms with Gasteiger partial charge in [0, 0.05) is 30.0 Å². The highest BCUT2D eigenvalue weighted by molar-refractivity contribution is 6.31. The van der Waals surface area contributed by atoms with Crippen molar-refractivity contribution >= 4 is 29.3 Å². The predicted octanol–water partition coefficient (Wildman–Crippen LogP) is 4.69. The van der Waals surface area contributed by atoms with Gasteiger partial charge in [0.05, 0.1) is 18.8 Å². The summed E-state index contributed by atoms with van der Waals surface area (Å²) in [5, 5.41) is 7.87. The third-order valence-electron chi connectivity index (χ3n) is 4.26. The molecule has 1 N–H and O–H groups in total. The molecule has 5 nitrogen and oxygen atoms in total. The first-order valence-electron chi connectivity index (χ1n) is 8.91. The maximum atomic E-state index is 12.4. The SMILES string of the molecule is COCc1ccccc1NC(=O)/C=C/c1c(C)nn(Cc2ccccc2)c1Cl. The van der Waals surface area contributed by atoms with Crippen molar-refractivity contribution < 1.29 is 9.53 Å². The first-order chi connectivity index (χ1) is 13.6. The Bertz CT molecular complexity index is 981. The van der Waals surface area contributed by atoms with Crippen LogP contribution in [0.1, 0.15) is 22.4 Å². The third kappa shape index (κ3) is 4.88. The van der Waals surface area contributed by atoms with Crippen molar-refractivity contribution in [2.75, 3.05) is 12.4 Å². The first kappa shape index (κ1) is 19.9. The number of ether oxygens (including phenoxy) is 1. The zero-order chi connectivity index (χ0) is 19.9. The summed E-state index contributed by atoms with van der Waals surface area (Å²) >= 11 is 6.49. The van der Waals surface area contributed by atoms with Crippen LogP contribution in [0.25, 0.3) is 6.08 Å². The Labute approximate surface area is 169 Å². The van der Waals surface area contributed by atoms with E-state index in [0.29, 0.717) is 18.3 Å². The summed E-state index contributed by atoms with van der Waals surface area (Å²) in [6.07, 6.45) is 3.16. The molecular weight excluding hydrogens is 374 g/mol. The second kappa shape index (κ2) is 9.35. The second-order valence-electron chi connectivity index (χ2n) is 6.35. The molecule has 1 heterocycles. The molecule has 0 saturated carbocycles. The summed E-state index contributed by atoms with van der Waals surface area (Å²) in [5.74, 6) is -0.241. The Kier molecular flexibility index (Phi) is 6.63. The summed E-state index contributed by atoms with van der Waals surface area (Å²) in [5.41, 5.74) is 4.25. The topological polar surface area (TPSA) is 56.1 Å². The van der Waals surface area contributed by atoms with Crippen LogP contribution < -0.4 is 5.32 Å². The molecule has 0 aliphatic heterocycles. The van der Waals surface area contributed by atoms with E-state index in [9.17, 15) is 4.79 Å². The van der Waals surface area contributed by atoms with Gasteiger partial charge in [0.2, 0.25) is 5.91 Å². The minimum Gasteiger partial charge on any atom is -0.380 e. The van der Waals surface area contributed by atoms with Crippen molar-refractivity contribution in [3.05, 3.63) is 88.2 Å². The van der Waals surface area contributed by atoms with Crippen LogP contribution >= 0.6 is 11.6 Å². The lowest BCUT2D eigenvalue weighted by Gasteiger charge is -2.08. The van der Waals surface area contributed by atoms with Gasteiger partial charge in [-0.1, -0.05) is 60.1 Å². The highest BCUT2D eigenvalue weighted by Gasteiger charge is 2.12. The van der Waals surface area contributed by atoms with E-state index in [-0.39, 0.29) is 5.91 Å². The summed E-state index contributed by atoms with van der Waals surface area (Å²) in [6.45, 7) is 2.88. The summed E-state index contributed by atoms with van der Waals surface area (Å²) < 4.78 is 6.90. The highest BCUT2D eigenvalue weighted by Crippen LogP contribution is 2.22. The smallest absolute Gasteiger partial charge is 0.248 e. The van der Waals surface area contributed by atoms with Gasteiger partial charge in [0.15, 0.2) is 0 Å². The Morgan fingerprint density at radius 3 is 2.64 bits per heavy atom. The number of hydrogen-bond acceptors (Lipinski definition) is 3. The first-order valence-corrected chi connectivity index (χ1v) is 9.29. The molecule has 0 aliphatic rings. The summed E-state index contributed by atoms with van der Waals surface area (Å²) in [4.78, 5) is 12.4. The van der Waals surface area contributed by atoms with E-state index in [1.54, 1.807) is 17.9 Å². The van der Waals surface area contributed by atoms with Gasteiger partial charge in [-0.25, -0.2) is 4.68 Å². The number of methoxy groups -OCH3 is 1. The van der Waals surface area contributed by atoms with Crippen LogP contribution in [0, 0.1) is 6.92 Å². The highest BCUT2D eigenvalue weighted by atomic mass is 35.5. The van der Waals surface area contributed by atoms with Gasteiger partial charge < -0.3 is 10.1 Å². The summed E-state index contributed by atoms with van der Waals surface area (Å²) in [6, 6.07) is 17.5. The Balaban J connectivity index is 1.73. The molecule has 0 fully saturated rings. The lowest BCUT2D eigenvalue weighted by atomic mass is 10.2. The van der Waals surface area contributed by atoms with Crippen molar-refractivity contribution in [2.45, 2.75) is 20.1 Å². The Morgan fingerprint density at radius 2 is 1.89 bits per heavy atom. The molecular formula is C22H22ClN3O2. The number of benzene rings is 2. The molecule has 0 bridgehead atoms. The number of carbonyl (C=O) groups is 1. The van der Waals surface area contributed by atoms with Crippen LogP contribution in [-0.2, 0) is 22.7 Å². The molecule has 2 aromatic carbocycles.